The smallest absolute Gasteiger partial charge is 0.184 e. The number of aromatic hydroxyl groups is 1. The normalized spacial score (nSPS) is 10.5. The van der Waals surface area contributed by atoms with Gasteiger partial charge in [0.25, 0.3) is 0 Å². The molecule has 0 saturated carbocycles. The monoisotopic (exact) mass is 239 g/mol. The number of hydrogen-bond donors (Lipinski definition) is 2. The lowest BCUT2D eigenvalue weighted by Gasteiger charge is -2.07. The summed E-state index contributed by atoms with van der Waals surface area (Å²) in [4.78, 5) is 0. The van der Waals surface area contributed by atoms with Gasteiger partial charge in [-0.15, -0.1) is 0 Å². The van der Waals surface area contributed by atoms with E-state index in [1.54, 1.807) is 0 Å². The van der Waals surface area contributed by atoms with Crippen LogP contribution in [-0.4, -0.2) is 5.11 Å². The van der Waals surface area contributed by atoms with Crippen molar-refractivity contribution in [3.8, 4) is 16.9 Å². The molecule has 2 rings (SSSR count). The molecule has 3 N–H and O–H groups in total. The van der Waals surface area contributed by atoms with Crippen molar-refractivity contribution in [1.82, 2.24) is 0 Å². The third-order valence-corrected chi connectivity index (χ3v) is 2.37. The lowest BCUT2D eigenvalue weighted by molar-refractivity contribution is 0.475. The molecule has 2 aromatic carbocycles. The molecular formula is C12H8F3NO. The summed E-state index contributed by atoms with van der Waals surface area (Å²) in [7, 11) is 0. The van der Waals surface area contributed by atoms with Gasteiger partial charge in [-0.2, -0.15) is 0 Å². The Labute approximate surface area is 95.1 Å². The van der Waals surface area contributed by atoms with Crippen molar-refractivity contribution in [2.24, 2.45) is 0 Å². The Balaban J connectivity index is 2.64. The lowest BCUT2D eigenvalue weighted by atomic mass is 10.0. The first-order valence-corrected chi connectivity index (χ1v) is 4.73. The van der Waals surface area contributed by atoms with Gasteiger partial charge in [0.2, 0.25) is 0 Å². The summed E-state index contributed by atoms with van der Waals surface area (Å²) in [5.41, 5.74) is 4.40. The molecule has 2 aromatic rings. The molecule has 0 aliphatic rings. The van der Waals surface area contributed by atoms with E-state index < -0.39 is 23.1 Å². The molecule has 0 aromatic heterocycles. The molecule has 0 aliphatic carbocycles. The van der Waals surface area contributed by atoms with Crippen LogP contribution in [0.15, 0.2) is 30.3 Å². The van der Waals surface area contributed by atoms with E-state index in [2.05, 4.69) is 0 Å². The van der Waals surface area contributed by atoms with Gasteiger partial charge in [-0.3, -0.25) is 0 Å². The van der Waals surface area contributed by atoms with Crippen molar-refractivity contribution in [3.05, 3.63) is 47.8 Å². The quantitative estimate of drug-likeness (QED) is 0.593. The summed E-state index contributed by atoms with van der Waals surface area (Å²) < 4.78 is 39.7. The number of rotatable bonds is 1. The molecule has 0 saturated heterocycles. The Morgan fingerprint density at radius 3 is 2.12 bits per heavy atom. The molecule has 0 heterocycles. The minimum absolute atomic E-state index is 0.00952. The summed E-state index contributed by atoms with van der Waals surface area (Å²) in [6, 6.07) is 6.11. The van der Waals surface area contributed by atoms with E-state index in [0.717, 1.165) is 6.07 Å². The lowest BCUT2D eigenvalue weighted by Crippen LogP contribution is -2.01. The number of benzene rings is 2. The standard InChI is InChI=1S/C12H8F3NO/c13-9-5-8(10(14)12(16)11(9)15)6-1-3-7(17)4-2-6/h1-5,17H,16H2. The molecule has 5 heteroatoms. The van der Waals surface area contributed by atoms with E-state index in [9.17, 15) is 13.2 Å². The molecule has 0 aliphatic heterocycles. The maximum atomic E-state index is 13.6. The highest BCUT2D eigenvalue weighted by Gasteiger charge is 2.17. The number of nitrogens with two attached hydrogens (primary N) is 1. The van der Waals surface area contributed by atoms with Gasteiger partial charge in [-0.1, -0.05) is 12.1 Å². The highest BCUT2D eigenvalue weighted by atomic mass is 19.2. The van der Waals surface area contributed by atoms with Gasteiger partial charge < -0.3 is 10.8 Å². The first-order valence-electron chi connectivity index (χ1n) is 4.73. The van der Waals surface area contributed by atoms with Crippen molar-refractivity contribution < 1.29 is 18.3 Å². The summed E-state index contributed by atoms with van der Waals surface area (Å²) in [5.74, 6) is -3.64. The molecule has 0 atom stereocenters. The van der Waals surface area contributed by atoms with Crippen molar-refractivity contribution in [2.75, 3.05) is 5.73 Å². The van der Waals surface area contributed by atoms with Crippen LogP contribution in [-0.2, 0) is 0 Å². The molecule has 0 spiro atoms. The number of anilines is 1. The van der Waals surface area contributed by atoms with Crippen LogP contribution < -0.4 is 5.73 Å². The van der Waals surface area contributed by atoms with Crippen LogP contribution in [0, 0.1) is 17.5 Å². The minimum Gasteiger partial charge on any atom is -0.508 e. The topological polar surface area (TPSA) is 46.2 Å². The summed E-state index contributed by atoms with van der Waals surface area (Å²) in [6.45, 7) is 0. The highest BCUT2D eigenvalue weighted by molar-refractivity contribution is 5.69. The van der Waals surface area contributed by atoms with Crippen molar-refractivity contribution in [1.29, 1.82) is 0 Å². The fraction of sp³-hybridized carbons (Fsp3) is 0. The zero-order valence-electron chi connectivity index (χ0n) is 8.55. The summed E-state index contributed by atoms with van der Waals surface area (Å²) in [5, 5.41) is 9.07. The predicted octanol–water partition coefficient (Wildman–Crippen LogP) is 3.06. The third-order valence-electron chi connectivity index (χ3n) is 2.37. The van der Waals surface area contributed by atoms with Gasteiger partial charge in [0.15, 0.2) is 17.5 Å². The van der Waals surface area contributed by atoms with Gasteiger partial charge in [0.05, 0.1) is 0 Å². The van der Waals surface area contributed by atoms with Crippen LogP contribution in [0.5, 0.6) is 5.75 Å². The molecule has 0 unspecified atom stereocenters. The fourth-order valence-corrected chi connectivity index (χ4v) is 1.47. The Morgan fingerprint density at radius 1 is 0.941 bits per heavy atom. The van der Waals surface area contributed by atoms with E-state index in [0.29, 0.717) is 5.56 Å². The van der Waals surface area contributed by atoms with Crippen LogP contribution in [0.1, 0.15) is 0 Å². The molecule has 0 bridgehead atoms. The van der Waals surface area contributed by atoms with Gasteiger partial charge in [-0.05, 0) is 23.8 Å². The molecule has 0 fully saturated rings. The van der Waals surface area contributed by atoms with E-state index in [-0.39, 0.29) is 11.3 Å². The number of hydrogen-bond acceptors (Lipinski definition) is 2. The van der Waals surface area contributed by atoms with Crippen LogP contribution in [0.25, 0.3) is 11.1 Å². The Hall–Kier alpha value is -2.17. The Bertz CT molecular complexity index is 567. The van der Waals surface area contributed by atoms with Gasteiger partial charge >= 0.3 is 0 Å². The van der Waals surface area contributed by atoms with E-state index in [1.165, 1.54) is 24.3 Å². The maximum Gasteiger partial charge on any atom is 0.184 e. The van der Waals surface area contributed by atoms with E-state index in [1.807, 2.05) is 0 Å². The minimum atomic E-state index is -1.40. The second-order valence-electron chi connectivity index (χ2n) is 3.49. The number of phenolic OH excluding ortho intramolecular Hbond substituents is 1. The second kappa shape index (κ2) is 4.01. The van der Waals surface area contributed by atoms with Crippen LogP contribution in [0.2, 0.25) is 0 Å². The summed E-state index contributed by atoms with van der Waals surface area (Å²) in [6.07, 6.45) is 0. The third kappa shape index (κ3) is 1.91. The first kappa shape index (κ1) is 11.3. The van der Waals surface area contributed by atoms with E-state index >= 15 is 0 Å². The first-order chi connectivity index (χ1) is 8.00. The van der Waals surface area contributed by atoms with Crippen LogP contribution in [0.3, 0.4) is 0 Å². The van der Waals surface area contributed by atoms with E-state index in [4.69, 9.17) is 10.8 Å². The van der Waals surface area contributed by atoms with Gasteiger partial charge in [0, 0.05) is 5.56 Å². The zero-order valence-corrected chi connectivity index (χ0v) is 8.55. The van der Waals surface area contributed by atoms with Crippen LogP contribution >= 0.6 is 0 Å². The second-order valence-corrected chi connectivity index (χ2v) is 3.49. The fourth-order valence-electron chi connectivity index (χ4n) is 1.47. The molecule has 0 radical (unpaired) electrons. The van der Waals surface area contributed by atoms with Crippen molar-refractivity contribution in [3.63, 3.8) is 0 Å². The molecule has 17 heavy (non-hydrogen) atoms. The van der Waals surface area contributed by atoms with Gasteiger partial charge in [0.1, 0.15) is 11.4 Å². The number of nitrogen functional groups attached to an aromatic ring is 1. The summed E-state index contributed by atoms with van der Waals surface area (Å²) >= 11 is 0. The Morgan fingerprint density at radius 2 is 1.53 bits per heavy atom. The average molecular weight is 239 g/mol. The average Bonchev–Trinajstić information content (AvgIpc) is 2.32. The SMILES string of the molecule is Nc1c(F)c(F)cc(-c2ccc(O)cc2)c1F. The number of halogens is 3. The van der Waals surface area contributed by atoms with Crippen LogP contribution in [0.4, 0.5) is 18.9 Å². The zero-order chi connectivity index (χ0) is 12.6. The molecule has 2 nitrogen and oxygen atoms in total. The predicted molar refractivity (Wildman–Crippen MR) is 57.8 cm³/mol. The highest BCUT2D eigenvalue weighted by Crippen LogP contribution is 2.30. The molecular weight excluding hydrogens is 231 g/mol. The van der Waals surface area contributed by atoms with Gasteiger partial charge in [-0.25, -0.2) is 13.2 Å². The van der Waals surface area contributed by atoms with Crippen molar-refractivity contribution in [2.45, 2.75) is 0 Å². The molecule has 88 valence electrons. The Kier molecular flexibility index (Phi) is 2.67. The number of phenols is 1. The van der Waals surface area contributed by atoms with Crippen molar-refractivity contribution >= 4 is 5.69 Å². The largest absolute Gasteiger partial charge is 0.508 e. The molecule has 0 amide bonds. The maximum absolute atomic E-state index is 13.6.